The van der Waals surface area contributed by atoms with E-state index < -0.39 is 0 Å². The number of ether oxygens (including phenoxy) is 1. The molecular weight excluding hydrogens is 316 g/mol. The van der Waals surface area contributed by atoms with Gasteiger partial charge in [-0.2, -0.15) is 0 Å². The van der Waals surface area contributed by atoms with Gasteiger partial charge in [-0.25, -0.2) is 0 Å². The molecule has 1 aliphatic carbocycles. The molecule has 96 valence electrons. The SMILES string of the molecule is COc1ccc(Cl)c2c(Br)c(CNC3CC3)[nH]c12. The zero-order valence-electron chi connectivity index (χ0n) is 10.0. The van der Waals surface area contributed by atoms with Crippen LogP contribution in [0.15, 0.2) is 16.6 Å². The maximum atomic E-state index is 6.25. The lowest BCUT2D eigenvalue weighted by Crippen LogP contribution is -2.15. The van der Waals surface area contributed by atoms with E-state index in [9.17, 15) is 0 Å². The maximum Gasteiger partial charge on any atom is 0.143 e. The standard InChI is InChI=1S/C13H14BrClN2O/c1-18-10-5-4-8(15)11-12(14)9(17-13(10)11)6-16-7-2-3-7/h4-5,7,16-17H,2-3,6H2,1H3. The molecule has 1 aromatic heterocycles. The van der Waals surface area contributed by atoms with Crippen molar-refractivity contribution >= 4 is 38.4 Å². The van der Waals surface area contributed by atoms with Gasteiger partial charge in [0.05, 0.1) is 17.6 Å². The zero-order chi connectivity index (χ0) is 12.7. The molecule has 2 N–H and O–H groups in total. The summed E-state index contributed by atoms with van der Waals surface area (Å²) in [5.74, 6) is 0.813. The van der Waals surface area contributed by atoms with E-state index in [4.69, 9.17) is 16.3 Å². The summed E-state index contributed by atoms with van der Waals surface area (Å²) in [5.41, 5.74) is 2.06. The molecule has 0 atom stereocenters. The van der Waals surface area contributed by atoms with E-state index in [0.717, 1.165) is 38.4 Å². The number of benzene rings is 1. The van der Waals surface area contributed by atoms with Crippen LogP contribution in [0.5, 0.6) is 5.75 Å². The first-order valence-electron chi connectivity index (χ1n) is 5.96. The summed E-state index contributed by atoms with van der Waals surface area (Å²) in [6.45, 7) is 0.819. The first-order chi connectivity index (χ1) is 8.70. The van der Waals surface area contributed by atoms with Crippen LogP contribution in [0.1, 0.15) is 18.5 Å². The molecule has 0 bridgehead atoms. The van der Waals surface area contributed by atoms with Crippen LogP contribution in [-0.2, 0) is 6.54 Å². The Hall–Kier alpha value is -0.710. The minimum atomic E-state index is 0.681. The van der Waals surface area contributed by atoms with Gasteiger partial charge >= 0.3 is 0 Å². The minimum Gasteiger partial charge on any atom is -0.495 e. The normalized spacial score (nSPS) is 15.3. The van der Waals surface area contributed by atoms with Crippen LogP contribution in [-0.4, -0.2) is 18.1 Å². The molecule has 3 nitrogen and oxygen atoms in total. The third-order valence-electron chi connectivity index (χ3n) is 3.24. The highest BCUT2D eigenvalue weighted by atomic mass is 79.9. The van der Waals surface area contributed by atoms with Crippen molar-refractivity contribution in [3.63, 3.8) is 0 Å². The van der Waals surface area contributed by atoms with Crippen molar-refractivity contribution in [1.29, 1.82) is 0 Å². The maximum absolute atomic E-state index is 6.25. The van der Waals surface area contributed by atoms with E-state index in [0.29, 0.717) is 6.04 Å². The Morgan fingerprint density at radius 3 is 2.94 bits per heavy atom. The van der Waals surface area contributed by atoms with Crippen molar-refractivity contribution in [2.45, 2.75) is 25.4 Å². The summed E-state index contributed by atoms with van der Waals surface area (Å²) in [4.78, 5) is 3.39. The molecule has 0 saturated heterocycles. The number of hydrogen-bond donors (Lipinski definition) is 2. The number of aromatic amines is 1. The van der Waals surface area contributed by atoms with Crippen molar-refractivity contribution in [1.82, 2.24) is 10.3 Å². The molecular formula is C13H14BrClN2O. The number of rotatable bonds is 4. The number of halogens is 2. The largest absolute Gasteiger partial charge is 0.495 e. The van der Waals surface area contributed by atoms with Gasteiger partial charge in [0.1, 0.15) is 5.75 Å². The molecule has 3 rings (SSSR count). The highest BCUT2D eigenvalue weighted by Gasteiger charge is 2.22. The summed E-state index contributed by atoms with van der Waals surface area (Å²) >= 11 is 9.88. The van der Waals surface area contributed by atoms with E-state index in [-0.39, 0.29) is 0 Å². The number of fused-ring (bicyclic) bond motifs is 1. The molecule has 18 heavy (non-hydrogen) atoms. The lowest BCUT2D eigenvalue weighted by molar-refractivity contribution is 0.419. The van der Waals surface area contributed by atoms with Crippen molar-refractivity contribution in [2.75, 3.05) is 7.11 Å². The molecule has 0 unspecified atom stereocenters. The van der Waals surface area contributed by atoms with Gasteiger partial charge in [-0.05, 0) is 40.9 Å². The second kappa shape index (κ2) is 4.76. The van der Waals surface area contributed by atoms with Crippen LogP contribution in [0, 0.1) is 0 Å². The second-order valence-corrected chi connectivity index (χ2v) is 5.77. The van der Waals surface area contributed by atoms with E-state index in [1.165, 1.54) is 12.8 Å². The summed E-state index contributed by atoms with van der Waals surface area (Å²) < 4.78 is 6.38. The third-order valence-corrected chi connectivity index (χ3v) is 4.43. The zero-order valence-corrected chi connectivity index (χ0v) is 12.4. The van der Waals surface area contributed by atoms with E-state index in [1.807, 2.05) is 12.1 Å². The number of methoxy groups -OCH3 is 1. The lowest BCUT2D eigenvalue weighted by Gasteiger charge is -2.02. The number of nitrogens with one attached hydrogen (secondary N) is 2. The Balaban J connectivity index is 2.04. The third kappa shape index (κ3) is 2.13. The lowest BCUT2D eigenvalue weighted by atomic mass is 10.2. The van der Waals surface area contributed by atoms with Gasteiger partial charge in [0.25, 0.3) is 0 Å². The van der Waals surface area contributed by atoms with Gasteiger partial charge in [0, 0.05) is 28.1 Å². The van der Waals surface area contributed by atoms with Gasteiger partial charge in [-0.1, -0.05) is 11.6 Å². The van der Waals surface area contributed by atoms with Gasteiger partial charge < -0.3 is 15.0 Å². The molecule has 0 spiro atoms. The molecule has 1 fully saturated rings. The van der Waals surface area contributed by atoms with E-state index in [2.05, 4.69) is 26.2 Å². The topological polar surface area (TPSA) is 37.0 Å². The fourth-order valence-corrected chi connectivity index (χ4v) is 3.10. The van der Waals surface area contributed by atoms with Crippen molar-refractivity contribution in [2.24, 2.45) is 0 Å². The summed E-state index contributed by atoms with van der Waals surface area (Å²) in [5, 5.41) is 5.20. The second-order valence-electron chi connectivity index (χ2n) is 4.57. The number of aromatic nitrogens is 1. The molecule has 2 aromatic rings. The molecule has 1 heterocycles. The predicted molar refractivity (Wildman–Crippen MR) is 77.4 cm³/mol. The summed E-state index contributed by atoms with van der Waals surface area (Å²) in [6.07, 6.45) is 2.56. The summed E-state index contributed by atoms with van der Waals surface area (Å²) in [6, 6.07) is 4.42. The van der Waals surface area contributed by atoms with E-state index >= 15 is 0 Å². The van der Waals surface area contributed by atoms with Crippen molar-refractivity contribution < 1.29 is 4.74 Å². The molecule has 5 heteroatoms. The first-order valence-corrected chi connectivity index (χ1v) is 7.13. The number of H-pyrrole nitrogens is 1. The van der Waals surface area contributed by atoms with Crippen LogP contribution in [0.3, 0.4) is 0 Å². The van der Waals surface area contributed by atoms with Gasteiger partial charge in [-0.15, -0.1) is 0 Å². The Kier molecular flexibility index (Phi) is 3.26. The molecule has 1 saturated carbocycles. The highest BCUT2D eigenvalue weighted by Crippen LogP contribution is 2.38. The average Bonchev–Trinajstić information content (AvgIpc) is 3.13. The van der Waals surface area contributed by atoms with Crippen LogP contribution in [0.4, 0.5) is 0 Å². The first kappa shape index (κ1) is 12.3. The highest BCUT2D eigenvalue weighted by molar-refractivity contribution is 9.10. The van der Waals surface area contributed by atoms with E-state index in [1.54, 1.807) is 7.11 Å². The average molecular weight is 330 g/mol. The molecule has 0 radical (unpaired) electrons. The number of hydrogen-bond acceptors (Lipinski definition) is 2. The Morgan fingerprint density at radius 1 is 1.50 bits per heavy atom. The predicted octanol–water partition coefficient (Wildman–Crippen LogP) is 3.84. The quantitative estimate of drug-likeness (QED) is 0.894. The fraction of sp³-hybridized carbons (Fsp3) is 0.385. The molecule has 1 aliphatic rings. The van der Waals surface area contributed by atoms with Crippen molar-refractivity contribution in [3.05, 3.63) is 27.3 Å². The van der Waals surface area contributed by atoms with Crippen LogP contribution in [0.25, 0.3) is 10.9 Å². The van der Waals surface area contributed by atoms with Gasteiger partial charge in [0.2, 0.25) is 0 Å². The van der Waals surface area contributed by atoms with Crippen LogP contribution in [0.2, 0.25) is 5.02 Å². The smallest absolute Gasteiger partial charge is 0.143 e. The monoisotopic (exact) mass is 328 g/mol. The minimum absolute atomic E-state index is 0.681. The van der Waals surface area contributed by atoms with Crippen molar-refractivity contribution in [3.8, 4) is 5.75 Å². The van der Waals surface area contributed by atoms with Crippen LogP contribution >= 0.6 is 27.5 Å². The Morgan fingerprint density at radius 2 is 2.28 bits per heavy atom. The molecule has 1 aromatic carbocycles. The fourth-order valence-electron chi connectivity index (χ4n) is 2.08. The summed E-state index contributed by atoms with van der Waals surface area (Å²) in [7, 11) is 1.67. The Labute approximate surface area is 119 Å². The molecule has 0 amide bonds. The van der Waals surface area contributed by atoms with Gasteiger partial charge in [-0.3, -0.25) is 0 Å². The Bertz CT molecular complexity index is 592. The molecule has 0 aliphatic heterocycles. The van der Waals surface area contributed by atoms with Gasteiger partial charge in [0.15, 0.2) is 0 Å². The van der Waals surface area contributed by atoms with Crippen LogP contribution < -0.4 is 10.1 Å².